The summed E-state index contributed by atoms with van der Waals surface area (Å²) in [5.41, 5.74) is 4.24. The molecule has 3 atom stereocenters. The third-order valence-electron chi connectivity index (χ3n) is 9.64. The summed E-state index contributed by atoms with van der Waals surface area (Å²) in [7, 11) is -4.52. The fourth-order valence-corrected chi connectivity index (χ4v) is 8.27. The highest BCUT2D eigenvalue weighted by atomic mass is 32.2. The van der Waals surface area contributed by atoms with Crippen LogP contribution in [0.1, 0.15) is 84.4 Å². The van der Waals surface area contributed by atoms with Gasteiger partial charge in [-0.1, -0.05) is 45.0 Å². The van der Waals surface area contributed by atoms with Crippen molar-refractivity contribution in [2.45, 2.75) is 97.8 Å². The van der Waals surface area contributed by atoms with Crippen molar-refractivity contribution < 1.29 is 37.0 Å². The highest BCUT2D eigenvalue weighted by Crippen LogP contribution is 2.45. The van der Waals surface area contributed by atoms with E-state index in [0.29, 0.717) is 32.0 Å². The molecule has 13 heteroatoms. The number of carbonyl (C=O) groups excluding carboxylic acids is 2. The Bertz CT molecular complexity index is 1730. The number of aliphatic hydroxyl groups excluding tert-OH is 2. The molecule has 1 aliphatic rings. The second kappa shape index (κ2) is 17.6. The third-order valence-corrected chi connectivity index (χ3v) is 11.3. The van der Waals surface area contributed by atoms with Crippen molar-refractivity contribution in [2.24, 2.45) is 17.1 Å². The number of allylic oxidation sites excluding steroid dienone is 1. The van der Waals surface area contributed by atoms with Gasteiger partial charge in [-0.2, -0.15) is 0 Å². The van der Waals surface area contributed by atoms with Gasteiger partial charge in [-0.25, -0.2) is 21.9 Å². The van der Waals surface area contributed by atoms with Crippen LogP contribution < -0.4 is 15.8 Å². The molecule has 1 aliphatic carbocycles. The predicted molar refractivity (Wildman–Crippen MR) is 199 cm³/mol. The molecule has 0 heterocycles. The maximum atomic E-state index is 14.6. The van der Waals surface area contributed by atoms with Crippen molar-refractivity contribution in [2.75, 3.05) is 26.2 Å². The van der Waals surface area contributed by atoms with E-state index in [1.165, 1.54) is 19.9 Å². The molecule has 0 saturated heterocycles. The first-order chi connectivity index (χ1) is 24.2. The minimum absolute atomic E-state index is 0.0299. The van der Waals surface area contributed by atoms with Crippen LogP contribution in [-0.4, -0.2) is 73.2 Å². The van der Waals surface area contributed by atoms with Crippen LogP contribution in [0, 0.1) is 23.0 Å². The van der Waals surface area contributed by atoms with Crippen LogP contribution in [0.25, 0.3) is 0 Å². The van der Waals surface area contributed by atoms with Crippen molar-refractivity contribution in [1.29, 1.82) is 0 Å². The Morgan fingerprint density at radius 3 is 2.15 bits per heavy atom. The molecule has 10 nitrogen and oxygen atoms in total. The minimum Gasteiger partial charge on any atom is -0.394 e. The van der Waals surface area contributed by atoms with Gasteiger partial charge in [-0.15, -0.1) is 0 Å². The third kappa shape index (κ3) is 10.6. The van der Waals surface area contributed by atoms with Crippen molar-refractivity contribution >= 4 is 21.8 Å². The Labute approximate surface area is 307 Å². The molecule has 0 bridgehead atoms. The number of benzene rings is 2. The zero-order valence-electron chi connectivity index (χ0n) is 31.4. The van der Waals surface area contributed by atoms with Gasteiger partial charge in [-0.3, -0.25) is 9.59 Å². The number of hydrogen-bond acceptors (Lipinski definition) is 7. The average molecular weight is 747 g/mol. The number of aliphatic hydroxyl groups is 2. The van der Waals surface area contributed by atoms with Crippen LogP contribution in [0.4, 0.5) is 8.78 Å². The monoisotopic (exact) mass is 746 g/mol. The highest BCUT2D eigenvalue weighted by Gasteiger charge is 2.50. The number of nitrogens with two attached hydrogens (primary N) is 1. The number of aryl methyl sites for hydroxylation is 1. The van der Waals surface area contributed by atoms with Crippen molar-refractivity contribution in [3.05, 3.63) is 93.4 Å². The molecule has 2 aromatic rings. The molecule has 0 aliphatic heterocycles. The van der Waals surface area contributed by atoms with Crippen LogP contribution in [0.3, 0.4) is 0 Å². The summed E-state index contributed by atoms with van der Waals surface area (Å²) in [6.07, 6.45) is 2.24. The largest absolute Gasteiger partial charge is 0.394 e. The van der Waals surface area contributed by atoms with Gasteiger partial charge >= 0.3 is 0 Å². The Morgan fingerprint density at radius 2 is 1.62 bits per heavy atom. The van der Waals surface area contributed by atoms with E-state index in [9.17, 15) is 37.0 Å². The second-order valence-corrected chi connectivity index (χ2v) is 16.6. The van der Waals surface area contributed by atoms with E-state index in [4.69, 9.17) is 5.73 Å². The molecule has 6 N–H and O–H groups in total. The number of nitrogens with one attached hydrogen (secondary N) is 2. The second-order valence-electron chi connectivity index (χ2n) is 15.0. The van der Waals surface area contributed by atoms with Gasteiger partial charge in [0.15, 0.2) is 0 Å². The number of carbonyl (C=O) groups is 2. The van der Waals surface area contributed by atoms with Crippen LogP contribution in [0.2, 0.25) is 0 Å². The lowest BCUT2D eigenvalue weighted by atomic mass is 9.64. The van der Waals surface area contributed by atoms with E-state index in [0.717, 1.165) is 35.8 Å². The lowest BCUT2D eigenvalue weighted by Crippen LogP contribution is -2.54. The number of nitrogens with zero attached hydrogens (tertiary/aromatic N) is 1. The first kappa shape index (κ1) is 42.9. The summed E-state index contributed by atoms with van der Waals surface area (Å²) in [6.45, 7) is 12.6. The van der Waals surface area contributed by atoms with Crippen LogP contribution in [-0.2, 0) is 38.0 Å². The molecular weight excluding hydrogens is 691 g/mol. The van der Waals surface area contributed by atoms with Crippen LogP contribution >= 0.6 is 0 Å². The van der Waals surface area contributed by atoms with Gasteiger partial charge in [0.05, 0.1) is 28.6 Å². The summed E-state index contributed by atoms with van der Waals surface area (Å²) in [6, 6.07) is 10.8. The fourth-order valence-electron chi connectivity index (χ4n) is 6.70. The molecular formula is C39H56F2N4O6S. The van der Waals surface area contributed by atoms with Gasteiger partial charge < -0.3 is 26.2 Å². The SMILES string of the molecule is CCCN(CCC)C(=O)C1=CC(S(=O)(=O)NC(C)(C)CO)=CC(C(N)=O)([C@H](Cc2cc(F)cc(F)c2)[C@@H](O)CNC(C)(C)c2cccc(CC)c2)C1. The predicted octanol–water partition coefficient (Wildman–Crippen LogP) is 4.60. The molecule has 52 heavy (non-hydrogen) atoms. The summed E-state index contributed by atoms with van der Waals surface area (Å²) in [5.74, 6) is -4.58. The number of halogens is 2. The molecule has 2 aromatic carbocycles. The summed E-state index contributed by atoms with van der Waals surface area (Å²) in [5, 5.41) is 25.3. The lowest BCUT2D eigenvalue weighted by Gasteiger charge is -2.42. The van der Waals surface area contributed by atoms with Gasteiger partial charge in [0, 0.05) is 42.7 Å². The summed E-state index contributed by atoms with van der Waals surface area (Å²) in [4.78, 5) is 29.2. The number of amides is 2. The molecule has 0 aromatic heterocycles. The minimum atomic E-state index is -4.52. The van der Waals surface area contributed by atoms with Crippen LogP contribution in [0.5, 0.6) is 0 Å². The quantitative estimate of drug-likeness (QED) is 0.141. The maximum Gasteiger partial charge on any atom is 0.249 e. The maximum absolute atomic E-state index is 14.6. The van der Waals surface area contributed by atoms with Crippen LogP contribution in [0.15, 0.2) is 65.1 Å². The number of rotatable bonds is 19. The number of sulfonamides is 1. The van der Waals surface area contributed by atoms with Gasteiger partial charge in [0.2, 0.25) is 21.8 Å². The number of primary amides is 1. The van der Waals surface area contributed by atoms with Crippen molar-refractivity contribution in [3.8, 4) is 0 Å². The molecule has 1 unspecified atom stereocenters. The zero-order chi connectivity index (χ0) is 39.1. The van der Waals surface area contributed by atoms with E-state index in [1.54, 1.807) is 4.90 Å². The molecule has 0 spiro atoms. The van der Waals surface area contributed by atoms with E-state index in [1.807, 2.05) is 58.9 Å². The Kier molecular flexibility index (Phi) is 14.5. The topological polar surface area (TPSA) is 162 Å². The molecule has 0 saturated carbocycles. The standard InChI is InChI=1S/C39H56F2N4O6S/c1-8-14-45(15-9-2)35(48)28-20-32(52(50,51)44-37(4,5)25-46)23-39(22-28,36(42)49)33(19-27-17-30(40)21-31(41)18-27)34(47)24-43-38(6,7)29-13-11-12-26(10-3)16-29/h11-13,16-18,20-21,23,33-34,43-44,46-47H,8-10,14-15,19,22,24-25H2,1-7H3,(H2,42,49)/t33-,34+,39?/m1/s1. The van der Waals surface area contributed by atoms with Crippen molar-refractivity contribution in [3.63, 3.8) is 0 Å². The number of hydrogen-bond donors (Lipinski definition) is 5. The zero-order valence-corrected chi connectivity index (χ0v) is 32.2. The highest BCUT2D eigenvalue weighted by molar-refractivity contribution is 7.93. The summed E-state index contributed by atoms with van der Waals surface area (Å²) >= 11 is 0. The lowest BCUT2D eigenvalue weighted by molar-refractivity contribution is -0.132. The molecule has 0 fully saturated rings. The summed E-state index contributed by atoms with van der Waals surface area (Å²) < 4.78 is 59.5. The molecule has 288 valence electrons. The Morgan fingerprint density at radius 1 is 1.00 bits per heavy atom. The first-order valence-electron chi connectivity index (χ1n) is 17.9. The van der Waals surface area contributed by atoms with E-state index in [2.05, 4.69) is 10.0 Å². The normalized spacial score (nSPS) is 18.0. The van der Waals surface area contributed by atoms with E-state index >= 15 is 0 Å². The Hall–Kier alpha value is -3.49. The first-order valence-corrected chi connectivity index (χ1v) is 19.4. The Balaban J connectivity index is 2.26. The van der Waals surface area contributed by atoms with E-state index in [-0.39, 0.29) is 30.5 Å². The van der Waals surface area contributed by atoms with Crippen molar-refractivity contribution in [1.82, 2.24) is 14.9 Å². The fraction of sp³-hybridized carbons (Fsp3) is 0.538. The molecule has 0 radical (unpaired) electrons. The average Bonchev–Trinajstić information content (AvgIpc) is 3.08. The smallest absolute Gasteiger partial charge is 0.249 e. The van der Waals surface area contributed by atoms with Gasteiger partial charge in [0.25, 0.3) is 0 Å². The molecule has 2 amide bonds. The molecule has 3 rings (SSSR count). The van der Waals surface area contributed by atoms with Gasteiger partial charge in [-0.05, 0) is 101 Å². The van der Waals surface area contributed by atoms with E-state index < -0.39 is 73.5 Å². The van der Waals surface area contributed by atoms with Gasteiger partial charge in [0.1, 0.15) is 11.6 Å².